The molecule has 0 aliphatic carbocycles. The smallest absolute Gasteiger partial charge is 0.410 e. The number of hydrogen-bond acceptors (Lipinski definition) is 13. The molecule has 2 aromatic carbocycles. The zero-order chi connectivity index (χ0) is 47.7. The third-order valence-electron chi connectivity index (χ3n) is 10.4. The van der Waals surface area contributed by atoms with Gasteiger partial charge in [-0.3, -0.25) is 18.6 Å². The summed E-state index contributed by atoms with van der Waals surface area (Å²) in [5.74, 6) is -1.01. The van der Waals surface area contributed by atoms with E-state index in [2.05, 4.69) is 20.0 Å². The monoisotopic (exact) mass is 972 g/mol. The van der Waals surface area contributed by atoms with E-state index in [0.717, 1.165) is 0 Å². The van der Waals surface area contributed by atoms with Gasteiger partial charge < -0.3 is 24.4 Å². The molecule has 2 aliphatic heterocycles. The first-order chi connectivity index (χ1) is 30.6. The molecular weight excluding hydrogens is 912 g/mol. The second-order valence-corrected chi connectivity index (χ2v) is 20.7. The van der Waals surface area contributed by atoms with Crippen LogP contribution in [0, 0.1) is 0 Å². The number of anilines is 2. The zero-order valence-corrected chi connectivity index (χ0v) is 41.2. The number of benzene rings is 2. The number of methoxy groups -OCH3 is 2. The highest BCUT2D eigenvalue weighted by Gasteiger charge is 2.42. The van der Waals surface area contributed by atoms with Gasteiger partial charge >= 0.3 is 38.5 Å². The van der Waals surface area contributed by atoms with Gasteiger partial charge in [-0.05, 0) is 97.0 Å². The molecule has 4 atom stereocenters. The summed E-state index contributed by atoms with van der Waals surface area (Å²) in [4.78, 5) is 46.3. The SMILES string of the molecule is COC(=O)c1ccc(CN(c2ccccc2)S(=O)(=O)N2C[C@@H](C)N(C(=O)OC(C)(C)C)[C@@H](C)C2)nc1.COC(=O)c1ccc(CN(c2ccccc2)S(=O)(=O)N2C[C@@H](C)N[C@@H](C)C2)nc1.Cl. The Hall–Kier alpha value is -5.38. The molecule has 0 bridgehead atoms. The minimum atomic E-state index is -4.00. The largest absolute Gasteiger partial charge is 0.465 e. The van der Waals surface area contributed by atoms with Crippen molar-refractivity contribution in [2.24, 2.45) is 0 Å². The zero-order valence-electron chi connectivity index (χ0n) is 38.7. The van der Waals surface area contributed by atoms with Crippen LogP contribution in [0.25, 0.3) is 0 Å². The summed E-state index contributed by atoms with van der Waals surface area (Å²) in [6.07, 6.45) is 2.29. The van der Waals surface area contributed by atoms with Gasteiger partial charge in [-0.25, -0.2) is 14.4 Å². The molecule has 1 N–H and O–H groups in total. The third-order valence-corrected chi connectivity index (χ3v) is 14.1. The van der Waals surface area contributed by atoms with Gasteiger partial charge in [0.05, 0.1) is 61.2 Å². The predicted molar refractivity (Wildman–Crippen MR) is 254 cm³/mol. The van der Waals surface area contributed by atoms with E-state index in [0.29, 0.717) is 41.4 Å². The van der Waals surface area contributed by atoms with Crippen LogP contribution in [0.15, 0.2) is 97.3 Å². The van der Waals surface area contributed by atoms with Crippen LogP contribution in [-0.4, -0.2) is 129 Å². The van der Waals surface area contributed by atoms with Gasteiger partial charge in [0, 0.05) is 62.7 Å². The van der Waals surface area contributed by atoms with Gasteiger partial charge in [-0.2, -0.15) is 25.4 Å². The van der Waals surface area contributed by atoms with E-state index in [1.165, 1.54) is 43.8 Å². The second kappa shape index (κ2) is 22.9. The van der Waals surface area contributed by atoms with Crippen molar-refractivity contribution in [1.29, 1.82) is 0 Å². The van der Waals surface area contributed by atoms with Crippen LogP contribution in [0.3, 0.4) is 0 Å². The molecule has 66 heavy (non-hydrogen) atoms. The van der Waals surface area contributed by atoms with E-state index in [-0.39, 0.29) is 56.2 Å². The molecule has 1 amide bonds. The van der Waals surface area contributed by atoms with E-state index < -0.39 is 56.1 Å². The molecule has 0 spiro atoms. The van der Waals surface area contributed by atoms with E-state index in [9.17, 15) is 31.2 Å². The number of rotatable bonds is 12. The maximum Gasteiger partial charge on any atom is 0.410 e. The Bertz CT molecular complexity index is 2430. The molecule has 21 heteroatoms. The van der Waals surface area contributed by atoms with E-state index >= 15 is 0 Å². The normalized spacial score (nSPS) is 19.3. The Balaban J connectivity index is 0.000000290. The van der Waals surface area contributed by atoms with E-state index in [1.54, 1.807) is 105 Å². The summed E-state index contributed by atoms with van der Waals surface area (Å²) >= 11 is 0. The minimum absolute atomic E-state index is 0. The van der Waals surface area contributed by atoms with Crippen LogP contribution in [0.1, 0.15) is 80.6 Å². The molecule has 2 saturated heterocycles. The molecule has 0 saturated carbocycles. The maximum atomic E-state index is 13.9. The lowest BCUT2D eigenvalue weighted by molar-refractivity contribution is -0.00504. The van der Waals surface area contributed by atoms with E-state index in [4.69, 9.17) is 9.47 Å². The number of para-hydroxylation sites is 2. The predicted octanol–water partition coefficient (Wildman–Crippen LogP) is 5.67. The second-order valence-electron chi connectivity index (χ2n) is 16.9. The van der Waals surface area contributed by atoms with Crippen LogP contribution < -0.4 is 13.9 Å². The fourth-order valence-corrected chi connectivity index (χ4v) is 11.0. The lowest BCUT2D eigenvalue weighted by Crippen LogP contribution is -2.62. The first-order valence-corrected chi connectivity index (χ1v) is 23.9. The van der Waals surface area contributed by atoms with Gasteiger partial charge in [-0.1, -0.05) is 36.4 Å². The fraction of sp³-hybridized carbons (Fsp3) is 0.444. The number of esters is 2. The quantitative estimate of drug-likeness (QED) is 0.135. The standard InChI is InChI=1S/C25H34N4O6S.C20H26N4O4S.ClH/c1-18-15-27(16-19(2)29(18)24(31)35-25(3,4)5)36(32,33)28(22-10-8-7-9-11-22)17-21-13-12-20(14-26-21)23(30)34-6;1-15-12-23(13-16(2)22-15)29(26,27)24(19-7-5-4-6-8-19)14-18-10-9-17(11-21-18)20(25)28-3;/h7-14,18-19H,15-17H2,1-6H3;4-11,15-16,22H,12-14H2,1-3H3;1H/t18-,19+;15-,16+;. The number of piperazine rings is 2. The topological polar surface area (TPSA) is 201 Å². The van der Waals surface area contributed by atoms with Gasteiger partial charge in [0.1, 0.15) is 5.60 Å². The Morgan fingerprint density at radius 3 is 1.35 bits per heavy atom. The molecule has 2 fully saturated rings. The average molecular weight is 974 g/mol. The highest BCUT2D eigenvalue weighted by atomic mass is 35.5. The summed E-state index contributed by atoms with van der Waals surface area (Å²) in [5, 5.41) is 3.35. The van der Waals surface area contributed by atoms with Crippen LogP contribution in [-0.2, 0) is 47.7 Å². The number of nitrogens with zero attached hydrogens (tertiary/aromatic N) is 7. The van der Waals surface area contributed by atoms with Crippen LogP contribution in [0.5, 0.6) is 0 Å². The highest BCUT2D eigenvalue weighted by Crippen LogP contribution is 2.28. The highest BCUT2D eigenvalue weighted by molar-refractivity contribution is 7.90. The lowest BCUT2D eigenvalue weighted by Gasteiger charge is -2.45. The molecule has 4 aromatic rings. The van der Waals surface area contributed by atoms with Crippen molar-refractivity contribution in [3.63, 3.8) is 0 Å². The molecule has 0 unspecified atom stereocenters. The molecular formula is C45H61ClN8O10S2. The maximum absolute atomic E-state index is 13.9. The van der Waals surface area contributed by atoms with Gasteiger partial charge in [0.15, 0.2) is 0 Å². The number of carbonyl (C=O) groups is 3. The Labute approximate surface area is 395 Å². The van der Waals surface area contributed by atoms with Crippen molar-refractivity contribution < 1.29 is 45.4 Å². The lowest BCUT2D eigenvalue weighted by atomic mass is 10.1. The summed E-state index contributed by atoms with van der Waals surface area (Å²) in [6, 6.07) is 23.4. The molecule has 2 aliphatic rings. The van der Waals surface area contributed by atoms with E-state index in [1.807, 2.05) is 33.8 Å². The van der Waals surface area contributed by atoms with Gasteiger partial charge in [0.2, 0.25) is 0 Å². The van der Waals surface area contributed by atoms with Gasteiger partial charge in [-0.15, -0.1) is 12.4 Å². The molecule has 0 radical (unpaired) electrons. The Kier molecular flexibility index (Phi) is 18.5. The van der Waals surface area contributed by atoms with Crippen molar-refractivity contribution in [3.05, 3.63) is 120 Å². The number of nitrogens with one attached hydrogen (secondary N) is 1. The fourth-order valence-electron chi connectivity index (χ4n) is 7.49. The van der Waals surface area contributed by atoms with Crippen LogP contribution in [0.2, 0.25) is 0 Å². The summed E-state index contributed by atoms with van der Waals surface area (Å²) in [7, 11) is -5.19. The number of hydrogen-bond donors (Lipinski definition) is 1. The first kappa shape index (κ1) is 53.2. The number of pyridine rings is 2. The first-order valence-electron chi connectivity index (χ1n) is 21.1. The number of amides is 1. The Morgan fingerprint density at radius 1 is 0.636 bits per heavy atom. The number of ether oxygens (including phenoxy) is 3. The molecule has 6 rings (SSSR count). The van der Waals surface area contributed by atoms with Crippen molar-refractivity contribution in [2.75, 3.05) is 49.0 Å². The average Bonchev–Trinajstić information content (AvgIpc) is 3.26. The minimum Gasteiger partial charge on any atom is -0.465 e. The summed E-state index contributed by atoms with van der Waals surface area (Å²) in [6.45, 7) is 14.0. The summed E-state index contributed by atoms with van der Waals surface area (Å²) < 4.78 is 75.4. The molecule has 4 heterocycles. The summed E-state index contributed by atoms with van der Waals surface area (Å²) in [5.41, 5.74) is 1.97. The van der Waals surface area contributed by atoms with Crippen molar-refractivity contribution in [2.45, 2.75) is 91.3 Å². The van der Waals surface area contributed by atoms with Crippen molar-refractivity contribution >= 4 is 62.2 Å². The van der Waals surface area contributed by atoms with Crippen molar-refractivity contribution in [1.82, 2.24) is 28.8 Å². The third kappa shape index (κ3) is 13.6. The van der Waals surface area contributed by atoms with Crippen LogP contribution in [0.4, 0.5) is 16.2 Å². The number of carbonyl (C=O) groups excluding carboxylic acids is 3. The van der Waals surface area contributed by atoms with Crippen LogP contribution >= 0.6 is 12.4 Å². The Morgan fingerprint density at radius 2 is 1.02 bits per heavy atom. The number of halogens is 1. The van der Waals surface area contributed by atoms with Gasteiger partial charge in [0.25, 0.3) is 0 Å². The number of aromatic nitrogens is 2. The van der Waals surface area contributed by atoms with Crippen molar-refractivity contribution in [3.8, 4) is 0 Å². The molecule has 360 valence electrons. The molecule has 18 nitrogen and oxygen atoms in total. The molecule has 2 aromatic heterocycles.